The summed E-state index contributed by atoms with van der Waals surface area (Å²) >= 11 is 1.32. The molecule has 548 valence electrons. The average molecular weight is 1440 g/mol. The number of ether oxygens (including phenoxy) is 3. The van der Waals surface area contributed by atoms with Crippen LogP contribution >= 0.6 is 23.7 Å². The first-order chi connectivity index (χ1) is 47.9. The number of carbonyl (C=O) groups excluding carboxylic acids is 8. The van der Waals surface area contributed by atoms with Crippen molar-refractivity contribution >= 4 is 71.1 Å². The smallest absolute Gasteiger partial charge is 0.410 e. The van der Waals surface area contributed by atoms with E-state index in [1.165, 1.54) is 42.5 Å². The van der Waals surface area contributed by atoms with Crippen molar-refractivity contribution < 1.29 is 117 Å². The first-order valence-corrected chi connectivity index (χ1v) is 33.6. The molecule has 100 heavy (non-hydrogen) atoms. The van der Waals surface area contributed by atoms with E-state index in [2.05, 4.69) is 52.7 Å². The number of amides is 8. The molecule has 0 aliphatic carbocycles. The summed E-state index contributed by atoms with van der Waals surface area (Å²) < 4.78 is 25.5. The second kappa shape index (κ2) is 38.6. The molecule has 8 amide bonds. The van der Waals surface area contributed by atoms with Crippen molar-refractivity contribution in [2.75, 3.05) is 66.3 Å². The molecule has 15 N–H and O–H groups in total. The van der Waals surface area contributed by atoms with Gasteiger partial charge in [-0.2, -0.15) is 0 Å². The van der Waals surface area contributed by atoms with E-state index in [-0.39, 0.29) is 35.8 Å². The third-order valence-corrected chi connectivity index (χ3v) is 18.3. The fraction of sp³-hybridized carbons (Fsp3) is 0.531. The molecule has 7 rings (SSSR count). The number of carbonyl (C=O) groups is 8. The maximum Gasteiger partial charge on any atom is 0.410 e. The van der Waals surface area contributed by atoms with Crippen LogP contribution in [0.25, 0.3) is 21.1 Å². The molecule has 13 atom stereocenters. The van der Waals surface area contributed by atoms with Crippen molar-refractivity contribution in [3.05, 3.63) is 90.5 Å². The number of β-amino-alcohol motifs (C(OH)–C–C–N with tert-alkyl or cyclic N) is 1. The van der Waals surface area contributed by atoms with E-state index in [0.29, 0.717) is 27.9 Å². The van der Waals surface area contributed by atoms with Crippen molar-refractivity contribution in [3.63, 3.8) is 0 Å². The zero-order valence-corrected chi connectivity index (χ0v) is 56.6. The summed E-state index contributed by atoms with van der Waals surface area (Å²) in [6, 6.07) is 3.58. The Labute approximate surface area is 582 Å². The van der Waals surface area contributed by atoms with E-state index >= 15 is 9.59 Å². The third kappa shape index (κ3) is 21.4. The Balaban J connectivity index is 1.20. The number of methoxy groups -OCH3 is 1. The van der Waals surface area contributed by atoms with E-state index in [4.69, 9.17) is 23.7 Å². The van der Waals surface area contributed by atoms with Crippen LogP contribution in [-0.2, 0) is 54.0 Å². The van der Waals surface area contributed by atoms with Crippen molar-refractivity contribution in [2.45, 2.75) is 144 Å². The van der Waals surface area contributed by atoms with Crippen molar-refractivity contribution in [2.24, 2.45) is 5.92 Å². The molecule has 4 heterocycles. The highest BCUT2D eigenvalue weighted by Crippen LogP contribution is 2.34. The minimum absolute atomic E-state index is 0.0161. The molecular formula is C64H86N10O24S2. The average Bonchev–Trinajstić information content (AvgIpc) is 1.62. The number of nitrogens with zero attached hydrogens (tertiary/aromatic N) is 5. The molecule has 0 saturated carbocycles. The number of unbranched alkanes of at least 4 members (excludes halogenated alkanes) is 3. The summed E-state index contributed by atoms with van der Waals surface area (Å²) in [7, 11) is 1.68. The van der Waals surface area contributed by atoms with Crippen LogP contribution in [0.2, 0.25) is 0 Å². The molecule has 0 radical (unpaired) electrons. The first-order valence-electron chi connectivity index (χ1n) is 32.2. The minimum atomic E-state index is -2.25. The van der Waals surface area contributed by atoms with Crippen LogP contribution in [0.5, 0.6) is 17.2 Å². The predicted octanol–water partition coefficient (Wildman–Crippen LogP) is -1.16. The van der Waals surface area contributed by atoms with Gasteiger partial charge in [0.25, 0.3) is 18.2 Å². The van der Waals surface area contributed by atoms with Gasteiger partial charge in [-0.15, -0.1) is 10.2 Å². The number of hydrogen-bond acceptors (Lipinski definition) is 28. The first kappa shape index (κ1) is 79.1. The molecule has 3 saturated heterocycles. The topological polar surface area (TPSA) is 490 Å². The van der Waals surface area contributed by atoms with Crippen LogP contribution in [0.3, 0.4) is 0 Å². The predicted molar refractivity (Wildman–Crippen MR) is 353 cm³/mol. The van der Waals surface area contributed by atoms with Gasteiger partial charge in [0.15, 0.2) is 11.5 Å². The molecule has 0 spiro atoms. The molecule has 1 aromatic heterocycles. The fourth-order valence-corrected chi connectivity index (χ4v) is 12.6. The van der Waals surface area contributed by atoms with Crippen molar-refractivity contribution in [3.8, 4) is 38.4 Å². The highest BCUT2D eigenvalue weighted by Gasteiger charge is 2.50. The number of phenols is 1. The van der Waals surface area contributed by atoms with Gasteiger partial charge < -0.3 is 106 Å². The number of aromatic nitrogens is 2. The van der Waals surface area contributed by atoms with E-state index in [0.717, 1.165) is 71.6 Å². The van der Waals surface area contributed by atoms with Crippen LogP contribution in [0.4, 0.5) is 4.79 Å². The normalized spacial score (nSPS) is 23.6. The van der Waals surface area contributed by atoms with Gasteiger partial charge in [0, 0.05) is 81.8 Å². The second-order valence-corrected chi connectivity index (χ2v) is 25.6. The Kier molecular flexibility index (Phi) is 30.5. The Bertz CT molecular complexity index is 3390. The lowest BCUT2D eigenvalue weighted by Gasteiger charge is -2.35. The SMILES string of the molecule is C=CCOC(=O)N(CC[C@@H](O)[C@@H]1NC(=O)[C@H]([C@H](O)Cc2ccc(O)c(OSOOO)c2)NC(=O)[C@@H]2C[C@@H](O)CN2C(=O)[C@H]([C@@H](C)O)NC(=O)[C@@H](NC(=O)c2ccc(-c3nnc(-c4ccc(OCCCCCCOC)cc4)s3)cc2)C[C@@H](O)CNC(=O)[C@@H]2[C@@H](O)[C@@H](C)CN2C1=O)C(CO)CO. The van der Waals surface area contributed by atoms with E-state index in [1.807, 2.05) is 24.3 Å². The van der Waals surface area contributed by atoms with Crippen molar-refractivity contribution in [1.29, 1.82) is 0 Å². The lowest BCUT2D eigenvalue weighted by Crippen LogP contribution is -2.64. The zero-order chi connectivity index (χ0) is 72.7. The van der Waals surface area contributed by atoms with Crippen LogP contribution in [-0.4, -0.2) is 269 Å². The van der Waals surface area contributed by atoms with E-state index in [1.54, 1.807) is 19.2 Å². The number of nitrogens with one attached hydrogen (secondary N) is 5. The maximum absolute atomic E-state index is 15.2. The lowest BCUT2D eigenvalue weighted by atomic mass is 9.98. The molecule has 0 unspecified atom stereocenters. The van der Waals surface area contributed by atoms with Gasteiger partial charge in [-0.1, -0.05) is 64.9 Å². The Morgan fingerprint density at radius 1 is 0.790 bits per heavy atom. The van der Waals surface area contributed by atoms with Crippen molar-refractivity contribution in [1.82, 2.24) is 51.5 Å². The number of benzene rings is 3. The van der Waals surface area contributed by atoms with Gasteiger partial charge in [0.05, 0.1) is 62.5 Å². The molecular weight excluding hydrogens is 1360 g/mol. The van der Waals surface area contributed by atoms with Gasteiger partial charge in [-0.05, 0) is 86.7 Å². The largest absolute Gasteiger partial charge is 0.504 e. The highest BCUT2D eigenvalue weighted by molar-refractivity contribution is 7.90. The molecule has 4 aromatic rings. The molecule has 3 aliphatic heterocycles. The number of aliphatic hydroxyl groups is 8. The number of fused-ring (bicyclic) bond motifs is 2. The van der Waals surface area contributed by atoms with E-state index < -0.39 is 203 Å². The van der Waals surface area contributed by atoms with E-state index in [9.17, 15) is 74.7 Å². The fourth-order valence-electron chi connectivity index (χ4n) is 11.5. The van der Waals surface area contributed by atoms with Gasteiger partial charge in [-0.25, -0.2) is 10.1 Å². The van der Waals surface area contributed by atoms with Crippen LogP contribution in [0.15, 0.2) is 79.4 Å². The van der Waals surface area contributed by atoms with Gasteiger partial charge in [0.1, 0.15) is 58.6 Å². The molecule has 0 bridgehead atoms. The third-order valence-electron chi connectivity index (χ3n) is 16.9. The zero-order valence-electron chi connectivity index (χ0n) is 55.0. The molecule has 3 aliphatic rings. The molecule has 3 aromatic carbocycles. The minimum Gasteiger partial charge on any atom is -0.504 e. The summed E-state index contributed by atoms with van der Waals surface area (Å²) in [4.78, 5) is 119. The number of rotatable bonds is 29. The van der Waals surface area contributed by atoms with Gasteiger partial charge in [-0.3, -0.25) is 33.6 Å². The molecule has 3 fully saturated rings. The van der Waals surface area contributed by atoms with Gasteiger partial charge in [0.2, 0.25) is 35.4 Å². The van der Waals surface area contributed by atoms with Gasteiger partial charge >= 0.3 is 6.09 Å². The monoisotopic (exact) mass is 1440 g/mol. The van der Waals surface area contributed by atoms with Crippen LogP contribution in [0.1, 0.15) is 74.7 Å². The number of hydrogen-bond donors (Lipinski definition) is 15. The summed E-state index contributed by atoms with van der Waals surface area (Å²) in [5.41, 5.74) is 1.38. The standard InChI is InChI=1S/C64H86N10O24S2/c1-5-22-95-64(91)72(40(32-75)33-76)21-20-47(81)52-63(90)74-30-34(2)54(83)53(74)59(88)65-29-41(78)27-44(66-55(84)37-11-13-38(14-12-37)60-70-71-61(99-60)39-15-17-43(18-16-39)94-24-9-7-6-8-23-93-4)56(85)67-50(35(3)77)62(89)73-31-42(79)28-45(73)57(86)68-51(58(87)69-52)48(82)25-36-10-19-46(80)49(26-36)96-100-98-97-92/h5,10-19,26,34-35,40-42,44-45,47-48,50-54,75-83,92H,1,6-9,20-25,27-33H2,2-4H3,(H,65,88)(H,66,84)(H,67,85)(H,68,86)(H,69,87)/t34-,35+,41+,42+,44-,45-,47+,48+,50-,51-,52-,53-,54-/m0/s1. The molecule has 34 nitrogen and oxygen atoms in total. The Hall–Kier alpha value is -8.21. The summed E-state index contributed by atoms with van der Waals surface area (Å²) in [5.74, 6) is -9.48. The van der Waals surface area contributed by atoms with Crippen LogP contribution < -0.4 is 35.5 Å². The summed E-state index contributed by atoms with van der Waals surface area (Å²) in [6.07, 6.45) is -9.58. The number of phenolic OH excluding ortho intramolecular Hbond substituents is 1. The Morgan fingerprint density at radius 3 is 2.07 bits per heavy atom. The van der Waals surface area contributed by atoms with Crippen LogP contribution in [0, 0.1) is 5.92 Å². The number of aromatic hydroxyl groups is 1. The summed E-state index contributed by atoms with van der Waals surface area (Å²) in [5, 5.41) is 135. The molecule has 36 heteroatoms. The quantitative estimate of drug-likeness (QED) is 0.0100. The highest BCUT2D eigenvalue weighted by atomic mass is 32.2. The number of aliphatic hydroxyl groups excluding tert-OH is 8. The summed E-state index contributed by atoms with van der Waals surface area (Å²) in [6.45, 7) is 2.87. The Morgan fingerprint density at radius 2 is 1.43 bits per heavy atom. The second-order valence-electron chi connectivity index (χ2n) is 24.2. The maximum atomic E-state index is 15.2. The lowest BCUT2D eigenvalue weighted by molar-refractivity contribution is -0.433.